The molecule has 0 unspecified atom stereocenters. The van der Waals surface area contributed by atoms with E-state index in [9.17, 15) is 5.11 Å². The lowest BCUT2D eigenvalue weighted by Gasteiger charge is -1.96. The normalized spacial score (nSPS) is 11.3. The lowest BCUT2D eigenvalue weighted by Crippen LogP contribution is -1.69. The third-order valence-electron chi connectivity index (χ3n) is 2.47. The van der Waals surface area contributed by atoms with Gasteiger partial charge < -0.3 is 5.11 Å². The number of aromatic hydroxyl groups is 1. The summed E-state index contributed by atoms with van der Waals surface area (Å²) in [4.78, 5) is 0. The molecule has 0 saturated heterocycles. The van der Waals surface area contributed by atoms with E-state index in [1.165, 1.54) is 10.1 Å². The van der Waals surface area contributed by atoms with Gasteiger partial charge in [0.2, 0.25) is 0 Å². The minimum absolute atomic E-state index is 0.190. The topological polar surface area (TPSA) is 20.2 Å². The van der Waals surface area contributed by atoms with Crippen LogP contribution < -0.4 is 0 Å². The Morgan fingerprint density at radius 1 is 1.00 bits per heavy atom. The van der Waals surface area contributed by atoms with Crippen molar-refractivity contribution in [1.29, 1.82) is 0 Å². The van der Waals surface area contributed by atoms with E-state index in [1.807, 2.05) is 24.3 Å². The summed E-state index contributed by atoms with van der Waals surface area (Å²) in [5.74, 6) is 0.190. The van der Waals surface area contributed by atoms with Crippen LogP contribution in [0.4, 0.5) is 0 Å². The Morgan fingerprint density at radius 2 is 1.80 bits per heavy atom. The Labute approximate surface area is 95.5 Å². The Hall–Kier alpha value is -1.25. The van der Waals surface area contributed by atoms with Gasteiger partial charge in [-0.3, -0.25) is 0 Å². The number of hydrogen-bond donors (Lipinski definition) is 1. The molecule has 3 aromatic rings. The fourth-order valence-corrected chi connectivity index (χ4v) is 3.11. The van der Waals surface area contributed by atoms with Gasteiger partial charge in [-0.25, -0.2) is 0 Å². The summed E-state index contributed by atoms with van der Waals surface area (Å²) in [6.07, 6.45) is 0. The van der Waals surface area contributed by atoms with E-state index in [-0.39, 0.29) is 5.75 Å². The van der Waals surface area contributed by atoms with Crippen LogP contribution in [-0.4, -0.2) is 5.11 Å². The van der Waals surface area contributed by atoms with E-state index in [0.29, 0.717) is 5.02 Å². The summed E-state index contributed by atoms with van der Waals surface area (Å²) in [5.41, 5.74) is 0. The van der Waals surface area contributed by atoms with Gasteiger partial charge in [0.25, 0.3) is 0 Å². The Bertz CT molecular complexity index is 657. The van der Waals surface area contributed by atoms with Crippen molar-refractivity contribution in [2.75, 3.05) is 0 Å². The molecule has 74 valence electrons. The summed E-state index contributed by atoms with van der Waals surface area (Å²) in [7, 11) is 0. The number of phenolic OH excluding ortho intramolecular Hbond substituents is 1. The summed E-state index contributed by atoms with van der Waals surface area (Å²) in [5, 5.41) is 12.5. The molecule has 0 aliphatic carbocycles. The highest BCUT2D eigenvalue weighted by Gasteiger charge is 2.10. The van der Waals surface area contributed by atoms with Crippen LogP contribution in [-0.2, 0) is 0 Å². The molecule has 3 rings (SSSR count). The first-order valence-corrected chi connectivity index (χ1v) is 5.75. The first-order chi connectivity index (χ1) is 7.27. The summed E-state index contributed by atoms with van der Waals surface area (Å²) in [6.45, 7) is 0. The maximum atomic E-state index is 9.84. The molecule has 1 nitrogen and oxygen atoms in total. The Kier molecular flexibility index (Phi) is 1.87. The lowest BCUT2D eigenvalue weighted by molar-refractivity contribution is 0.483. The summed E-state index contributed by atoms with van der Waals surface area (Å²) >= 11 is 7.44. The molecule has 0 amide bonds. The predicted octanol–water partition coefficient (Wildman–Crippen LogP) is 4.41. The van der Waals surface area contributed by atoms with E-state index >= 15 is 0 Å². The molecule has 0 fully saturated rings. The van der Waals surface area contributed by atoms with Crippen molar-refractivity contribution in [3.63, 3.8) is 0 Å². The second-order valence-electron chi connectivity index (χ2n) is 3.37. The van der Waals surface area contributed by atoms with Gasteiger partial charge in [0.15, 0.2) is 5.75 Å². The van der Waals surface area contributed by atoms with Crippen LogP contribution in [0, 0.1) is 0 Å². The van der Waals surface area contributed by atoms with Crippen LogP contribution in [0.15, 0.2) is 36.4 Å². The molecular weight excluding hydrogens is 228 g/mol. The van der Waals surface area contributed by atoms with Crippen LogP contribution >= 0.6 is 22.9 Å². The quantitative estimate of drug-likeness (QED) is 0.611. The first-order valence-electron chi connectivity index (χ1n) is 4.56. The minimum Gasteiger partial charge on any atom is -0.505 e. The molecule has 0 aliphatic heterocycles. The first kappa shape index (κ1) is 9.01. The van der Waals surface area contributed by atoms with Gasteiger partial charge in [-0.1, -0.05) is 35.9 Å². The number of benzene rings is 2. The molecule has 1 N–H and O–H groups in total. The van der Waals surface area contributed by atoms with Crippen molar-refractivity contribution in [3.05, 3.63) is 41.4 Å². The Balaban J connectivity index is 2.60. The van der Waals surface area contributed by atoms with Gasteiger partial charge in [-0.2, -0.15) is 0 Å². The van der Waals surface area contributed by atoms with Crippen LogP contribution in [0.5, 0.6) is 5.75 Å². The molecule has 0 saturated carbocycles. The fraction of sp³-hybridized carbons (Fsp3) is 0. The fourth-order valence-electron chi connectivity index (χ4n) is 1.75. The van der Waals surface area contributed by atoms with E-state index < -0.39 is 0 Å². The van der Waals surface area contributed by atoms with E-state index in [1.54, 1.807) is 17.4 Å². The molecule has 2 aromatic carbocycles. The molecule has 0 bridgehead atoms. The molecule has 0 aliphatic rings. The number of hydrogen-bond acceptors (Lipinski definition) is 2. The third kappa shape index (κ3) is 1.22. The van der Waals surface area contributed by atoms with Gasteiger partial charge in [0.1, 0.15) is 0 Å². The average molecular weight is 235 g/mol. The second-order valence-corrected chi connectivity index (χ2v) is 4.83. The highest BCUT2D eigenvalue weighted by molar-refractivity contribution is 7.26. The predicted molar refractivity (Wildman–Crippen MR) is 66.0 cm³/mol. The number of phenols is 1. The number of fused-ring (bicyclic) bond motifs is 3. The molecule has 15 heavy (non-hydrogen) atoms. The maximum absolute atomic E-state index is 9.84. The maximum Gasteiger partial charge on any atom is 0.151 e. The molecular formula is C12H7ClOS. The third-order valence-corrected chi connectivity index (χ3v) is 3.97. The summed E-state index contributed by atoms with van der Waals surface area (Å²) in [6, 6.07) is 11.8. The van der Waals surface area contributed by atoms with E-state index in [0.717, 1.165) is 10.1 Å². The smallest absolute Gasteiger partial charge is 0.151 e. The highest BCUT2D eigenvalue weighted by Crippen LogP contribution is 2.41. The highest BCUT2D eigenvalue weighted by atomic mass is 35.5. The van der Waals surface area contributed by atoms with Gasteiger partial charge in [-0.05, 0) is 12.1 Å². The van der Waals surface area contributed by atoms with E-state index in [4.69, 9.17) is 11.6 Å². The minimum atomic E-state index is 0.190. The molecule has 0 spiro atoms. The molecule has 1 heterocycles. The van der Waals surface area contributed by atoms with Crippen molar-refractivity contribution in [3.8, 4) is 5.75 Å². The standard InChI is InChI=1S/C12H7ClOS/c13-9-6-5-8-7-3-1-2-4-10(7)15-12(8)11(9)14/h1-6,14H. The van der Waals surface area contributed by atoms with Gasteiger partial charge in [0, 0.05) is 15.5 Å². The number of rotatable bonds is 0. The van der Waals surface area contributed by atoms with Gasteiger partial charge >= 0.3 is 0 Å². The van der Waals surface area contributed by atoms with Crippen LogP contribution in [0.25, 0.3) is 20.2 Å². The second kappa shape index (κ2) is 3.12. The molecule has 0 atom stereocenters. The molecule has 1 aromatic heterocycles. The van der Waals surface area contributed by atoms with Crippen molar-refractivity contribution < 1.29 is 5.11 Å². The zero-order chi connectivity index (χ0) is 10.4. The zero-order valence-corrected chi connectivity index (χ0v) is 9.27. The van der Waals surface area contributed by atoms with Crippen molar-refractivity contribution in [2.24, 2.45) is 0 Å². The van der Waals surface area contributed by atoms with Gasteiger partial charge in [0.05, 0.1) is 9.72 Å². The zero-order valence-electron chi connectivity index (χ0n) is 7.70. The van der Waals surface area contributed by atoms with Crippen molar-refractivity contribution >= 4 is 43.1 Å². The van der Waals surface area contributed by atoms with Crippen molar-refractivity contribution in [2.45, 2.75) is 0 Å². The monoisotopic (exact) mass is 234 g/mol. The van der Waals surface area contributed by atoms with E-state index in [2.05, 4.69) is 6.07 Å². The molecule has 3 heteroatoms. The van der Waals surface area contributed by atoms with Crippen molar-refractivity contribution in [1.82, 2.24) is 0 Å². The Morgan fingerprint density at radius 3 is 2.67 bits per heavy atom. The van der Waals surface area contributed by atoms with Crippen LogP contribution in [0.1, 0.15) is 0 Å². The average Bonchev–Trinajstić information content (AvgIpc) is 2.63. The number of thiophene rings is 1. The van der Waals surface area contributed by atoms with Crippen LogP contribution in [0.2, 0.25) is 5.02 Å². The lowest BCUT2D eigenvalue weighted by atomic mass is 10.1. The summed E-state index contributed by atoms with van der Waals surface area (Å²) < 4.78 is 2.04. The van der Waals surface area contributed by atoms with Crippen LogP contribution in [0.3, 0.4) is 0 Å². The molecule has 0 radical (unpaired) electrons. The van der Waals surface area contributed by atoms with Gasteiger partial charge in [-0.15, -0.1) is 11.3 Å². The SMILES string of the molecule is Oc1c(Cl)ccc2c1sc1ccccc12. The largest absolute Gasteiger partial charge is 0.505 e. The number of halogens is 1.